The summed E-state index contributed by atoms with van der Waals surface area (Å²) in [6, 6.07) is 17.6. The summed E-state index contributed by atoms with van der Waals surface area (Å²) in [6.45, 7) is 5.19. The number of rotatable bonds is 7. The molecule has 4 heterocycles. The fraction of sp³-hybridized carbons (Fsp3) is 0.333. The Labute approximate surface area is 208 Å². The number of pyridine rings is 1. The monoisotopic (exact) mass is 500 g/mol. The maximum absolute atomic E-state index is 6.35. The number of thiocarbonyl (C=S) groups is 1. The molecule has 5 rings (SSSR count). The molecule has 0 amide bonds. The van der Waals surface area contributed by atoms with Crippen molar-refractivity contribution in [2.45, 2.75) is 22.1 Å². The van der Waals surface area contributed by atoms with Crippen LogP contribution in [0.1, 0.15) is 23.5 Å². The summed E-state index contributed by atoms with van der Waals surface area (Å²) < 4.78 is 11.8. The minimum absolute atomic E-state index is 0.0759. The van der Waals surface area contributed by atoms with Gasteiger partial charge in [-0.1, -0.05) is 29.4 Å². The highest BCUT2D eigenvalue weighted by Crippen LogP contribution is 2.41. The van der Waals surface area contributed by atoms with E-state index in [1.807, 2.05) is 54.7 Å². The van der Waals surface area contributed by atoms with Gasteiger partial charge in [0.05, 0.1) is 24.9 Å². The number of benzene rings is 1. The van der Waals surface area contributed by atoms with Crippen molar-refractivity contribution in [1.82, 2.24) is 20.1 Å². The molecular weight excluding hydrogens is 476 g/mol. The van der Waals surface area contributed by atoms with Crippen molar-refractivity contribution < 1.29 is 9.15 Å². The van der Waals surface area contributed by atoms with E-state index in [1.165, 1.54) is 0 Å². The summed E-state index contributed by atoms with van der Waals surface area (Å²) in [5.41, 5.74) is 0.946. The van der Waals surface area contributed by atoms with E-state index in [-0.39, 0.29) is 12.1 Å². The van der Waals surface area contributed by atoms with Crippen LogP contribution in [0.3, 0.4) is 0 Å². The second-order valence-corrected chi connectivity index (χ2v) is 9.89. The lowest BCUT2D eigenvalue weighted by molar-refractivity contribution is 0.0347. The Kier molecular flexibility index (Phi) is 7.18. The van der Waals surface area contributed by atoms with Crippen LogP contribution in [0.25, 0.3) is 0 Å². The maximum atomic E-state index is 6.35. The largest absolute Gasteiger partial charge is 0.452 e. The molecule has 2 saturated heterocycles. The lowest BCUT2D eigenvalue weighted by Gasteiger charge is -2.31. The Balaban J connectivity index is 1.38. The second-order valence-electron chi connectivity index (χ2n) is 7.99. The molecule has 0 radical (unpaired) electrons. The van der Waals surface area contributed by atoms with E-state index in [0.29, 0.717) is 0 Å². The van der Waals surface area contributed by atoms with E-state index in [0.717, 1.165) is 71.0 Å². The maximum Gasteiger partial charge on any atom is 0.170 e. The van der Waals surface area contributed by atoms with Crippen molar-refractivity contribution in [3.8, 4) is 0 Å². The van der Waals surface area contributed by atoms with Crippen molar-refractivity contribution in [2.75, 3.05) is 39.4 Å². The minimum Gasteiger partial charge on any atom is -0.452 e. The highest BCUT2D eigenvalue weighted by Gasteiger charge is 2.41. The van der Waals surface area contributed by atoms with Crippen LogP contribution in [0.2, 0.25) is 5.02 Å². The van der Waals surface area contributed by atoms with E-state index < -0.39 is 0 Å². The third-order valence-electron chi connectivity index (χ3n) is 5.88. The van der Waals surface area contributed by atoms with Gasteiger partial charge in [-0.05, 0) is 60.7 Å². The fourth-order valence-corrected chi connectivity index (χ4v) is 5.43. The Bertz CT molecular complexity index is 1070. The first-order chi connectivity index (χ1) is 16.2. The zero-order valence-electron chi connectivity index (χ0n) is 18.0. The number of hydrogen-bond donors (Lipinski definition) is 1. The molecule has 33 heavy (non-hydrogen) atoms. The molecule has 2 fully saturated rings. The van der Waals surface area contributed by atoms with Crippen molar-refractivity contribution in [3.05, 3.63) is 77.3 Å². The van der Waals surface area contributed by atoms with Gasteiger partial charge >= 0.3 is 0 Å². The van der Waals surface area contributed by atoms with Gasteiger partial charge in [-0.3, -0.25) is 9.88 Å². The summed E-state index contributed by atoms with van der Waals surface area (Å²) in [5, 5.41) is 5.77. The lowest BCUT2D eigenvalue weighted by Crippen LogP contribution is -2.42. The number of nitrogens with zero attached hydrogens (tertiary/aromatic N) is 3. The average Bonchev–Trinajstić information content (AvgIpc) is 3.44. The van der Waals surface area contributed by atoms with Crippen molar-refractivity contribution in [3.63, 3.8) is 0 Å². The summed E-state index contributed by atoms with van der Waals surface area (Å²) in [6.07, 6.45) is 1.82. The van der Waals surface area contributed by atoms with Gasteiger partial charge in [-0.15, -0.1) is 0 Å². The summed E-state index contributed by atoms with van der Waals surface area (Å²) in [5.74, 6) is 0.872. The molecule has 2 aliphatic rings. The minimum atomic E-state index is -0.0806. The van der Waals surface area contributed by atoms with E-state index in [4.69, 9.17) is 33.0 Å². The van der Waals surface area contributed by atoms with Gasteiger partial charge in [0.15, 0.2) is 10.2 Å². The SMILES string of the molecule is S=C1N[C@@H](c2ccccn2)[C@@H](c2ccc(Sc3ccc(Cl)cc3)o2)N1CCN1CCOCC1. The highest BCUT2D eigenvalue weighted by molar-refractivity contribution is 7.99. The number of morpholine rings is 1. The summed E-state index contributed by atoms with van der Waals surface area (Å²) in [7, 11) is 0. The Morgan fingerprint density at radius 2 is 1.88 bits per heavy atom. The number of hydrogen-bond acceptors (Lipinski definition) is 6. The van der Waals surface area contributed by atoms with Gasteiger partial charge in [0.25, 0.3) is 0 Å². The van der Waals surface area contributed by atoms with Gasteiger partial charge in [-0.2, -0.15) is 0 Å². The predicted octanol–water partition coefficient (Wildman–Crippen LogP) is 4.78. The van der Waals surface area contributed by atoms with Crippen molar-refractivity contribution in [1.29, 1.82) is 0 Å². The van der Waals surface area contributed by atoms with Crippen LogP contribution in [-0.4, -0.2) is 59.3 Å². The van der Waals surface area contributed by atoms with Gasteiger partial charge in [-0.25, -0.2) is 0 Å². The van der Waals surface area contributed by atoms with Gasteiger partial charge in [0.1, 0.15) is 11.8 Å². The van der Waals surface area contributed by atoms with E-state index in [9.17, 15) is 0 Å². The van der Waals surface area contributed by atoms with Gasteiger partial charge < -0.3 is 19.4 Å². The standard InChI is InChI=1S/C24H25ClN4O2S2/c25-17-4-6-18(7-5-17)33-21-9-8-20(31-21)23-22(19-3-1-2-10-26-19)27-24(32)29(23)12-11-28-13-15-30-16-14-28/h1-10,22-23H,11-16H2,(H,27,32)/t22-,23+/m0/s1. The first kappa shape index (κ1) is 22.7. The van der Waals surface area contributed by atoms with Crippen LogP contribution in [-0.2, 0) is 4.74 Å². The molecule has 0 aliphatic carbocycles. The van der Waals surface area contributed by atoms with Crippen LogP contribution >= 0.6 is 35.6 Å². The molecule has 0 spiro atoms. The molecule has 1 N–H and O–H groups in total. The first-order valence-electron chi connectivity index (χ1n) is 11.0. The second kappa shape index (κ2) is 10.4. The third kappa shape index (κ3) is 5.36. The molecule has 9 heteroatoms. The average molecular weight is 501 g/mol. The number of furan rings is 1. The number of halogens is 1. The molecular formula is C24H25ClN4O2S2. The molecule has 3 aromatic rings. The van der Waals surface area contributed by atoms with E-state index >= 15 is 0 Å². The van der Waals surface area contributed by atoms with Crippen LogP contribution in [0.5, 0.6) is 0 Å². The molecule has 0 unspecified atom stereocenters. The van der Waals surface area contributed by atoms with Crippen molar-refractivity contribution in [2.24, 2.45) is 0 Å². The normalized spacial score (nSPS) is 21.4. The van der Waals surface area contributed by atoms with Crippen LogP contribution < -0.4 is 5.32 Å². The Morgan fingerprint density at radius 1 is 1.06 bits per heavy atom. The molecule has 172 valence electrons. The Hall–Kier alpha value is -2.10. The fourth-order valence-electron chi connectivity index (χ4n) is 4.20. The molecule has 1 aromatic carbocycles. The highest BCUT2D eigenvalue weighted by atomic mass is 35.5. The molecule has 2 atom stereocenters. The predicted molar refractivity (Wildman–Crippen MR) is 134 cm³/mol. The summed E-state index contributed by atoms with van der Waals surface area (Å²) >= 11 is 13.4. The van der Waals surface area contributed by atoms with Crippen LogP contribution in [0, 0.1) is 0 Å². The first-order valence-corrected chi connectivity index (χ1v) is 12.6. The van der Waals surface area contributed by atoms with Crippen LogP contribution in [0.15, 0.2) is 75.2 Å². The zero-order chi connectivity index (χ0) is 22.6. The Morgan fingerprint density at radius 3 is 2.64 bits per heavy atom. The third-order valence-corrected chi connectivity index (χ3v) is 7.42. The smallest absolute Gasteiger partial charge is 0.170 e. The molecule has 2 aromatic heterocycles. The van der Waals surface area contributed by atoms with Gasteiger partial charge in [0, 0.05) is 42.3 Å². The lowest BCUT2D eigenvalue weighted by atomic mass is 10.0. The quantitative estimate of drug-likeness (QED) is 0.465. The zero-order valence-corrected chi connectivity index (χ0v) is 20.4. The van der Waals surface area contributed by atoms with E-state index in [1.54, 1.807) is 11.8 Å². The molecule has 0 saturated carbocycles. The molecule has 6 nitrogen and oxygen atoms in total. The van der Waals surface area contributed by atoms with Gasteiger partial charge in [0.2, 0.25) is 0 Å². The van der Waals surface area contributed by atoms with E-state index in [2.05, 4.69) is 26.2 Å². The molecule has 0 bridgehead atoms. The van der Waals surface area contributed by atoms with Crippen LogP contribution in [0.4, 0.5) is 0 Å². The topological polar surface area (TPSA) is 53.8 Å². The number of aromatic nitrogens is 1. The van der Waals surface area contributed by atoms with Crippen molar-refractivity contribution >= 4 is 40.7 Å². The molecule has 2 aliphatic heterocycles. The number of ether oxygens (including phenoxy) is 1. The summed E-state index contributed by atoms with van der Waals surface area (Å²) in [4.78, 5) is 10.3. The number of nitrogens with one attached hydrogen (secondary N) is 1.